The van der Waals surface area contributed by atoms with Gasteiger partial charge in [-0.05, 0) is 133 Å². The topological polar surface area (TPSA) is 3.24 Å². The maximum Gasteiger partial charge on any atom is 0.0468 e. The van der Waals surface area contributed by atoms with Crippen LogP contribution in [0.4, 0.5) is 17.1 Å². The van der Waals surface area contributed by atoms with E-state index in [1.807, 2.05) is 0 Å². The van der Waals surface area contributed by atoms with Gasteiger partial charge in [-0.3, -0.25) is 0 Å². The van der Waals surface area contributed by atoms with E-state index in [0.29, 0.717) is 0 Å². The molecule has 0 bridgehead atoms. The van der Waals surface area contributed by atoms with Gasteiger partial charge in [0.05, 0.1) is 0 Å². The van der Waals surface area contributed by atoms with Gasteiger partial charge in [0.15, 0.2) is 0 Å². The minimum atomic E-state index is -0.769. The van der Waals surface area contributed by atoms with Crippen LogP contribution in [0.2, 0.25) is 0 Å². The summed E-state index contributed by atoms with van der Waals surface area (Å²) in [5.74, 6) is 0. The fourth-order valence-corrected chi connectivity index (χ4v) is 5.92. The number of benzene rings is 5. The molecule has 35 heavy (non-hydrogen) atoms. The van der Waals surface area contributed by atoms with E-state index in [0.717, 1.165) is 0 Å². The second-order valence-electron chi connectivity index (χ2n) is 10.5. The highest BCUT2D eigenvalue weighted by Crippen LogP contribution is 2.47. The Hall–Kier alpha value is -3.23. The van der Waals surface area contributed by atoms with Crippen LogP contribution in [0, 0.1) is 27.7 Å². The first-order chi connectivity index (χ1) is 16.6. The van der Waals surface area contributed by atoms with Crippen molar-refractivity contribution in [2.24, 2.45) is 0 Å². The molecule has 0 saturated heterocycles. The SMILES string of the molecule is Cc1ccc(N(c2ccc(C)cc2)c2ccc3c(C)c4cc(S(C)(C)C)ccc4c(C)c3c2)cc1. The van der Waals surface area contributed by atoms with Gasteiger partial charge in [-0.1, -0.05) is 47.5 Å². The molecule has 0 aromatic heterocycles. The van der Waals surface area contributed by atoms with Gasteiger partial charge in [0.1, 0.15) is 0 Å². The zero-order valence-electron chi connectivity index (χ0n) is 21.9. The van der Waals surface area contributed by atoms with Crippen molar-refractivity contribution in [3.63, 3.8) is 0 Å². The van der Waals surface area contributed by atoms with Gasteiger partial charge in [-0.15, -0.1) is 0 Å². The minimum absolute atomic E-state index is 0.769. The molecular formula is C33H35NS. The number of hydrogen-bond donors (Lipinski definition) is 0. The van der Waals surface area contributed by atoms with Crippen LogP contribution in [0.5, 0.6) is 0 Å². The van der Waals surface area contributed by atoms with Crippen LogP contribution in [0.3, 0.4) is 0 Å². The number of nitrogens with zero attached hydrogens (tertiary/aromatic N) is 1. The molecule has 1 nitrogen and oxygen atoms in total. The zero-order chi connectivity index (χ0) is 24.9. The van der Waals surface area contributed by atoms with Crippen LogP contribution in [0.1, 0.15) is 22.3 Å². The predicted octanol–water partition coefficient (Wildman–Crippen LogP) is 9.75. The maximum absolute atomic E-state index is 2.44. The summed E-state index contributed by atoms with van der Waals surface area (Å²) in [6.45, 7) is 8.84. The third-order valence-electron chi connectivity index (χ3n) is 7.16. The Labute approximate surface area is 211 Å². The molecule has 178 valence electrons. The molecule has 5 rings (SSSR count). The maximum atomic E-state index is 2.44. The molecule has 0 aliphatic heterocycles. The van der Waals surface area contributed by atoms with Crippen molar-refractivity contribution in [2.45, 2.75) is 32.6 Å². The number of aryl methyl sites for hydroxylation is 4. The smallest absolute Gasteiger partial charge is 0.0468 e. The quantitative estimate of drug-likeness (QED) is 0.233. The van der Waals surface area contributed by atoms with E-state index < -0.39 is 10.0 Å². The van der Waals surface area contributed by atoms with Crippen LogP contribution in [0.15, 0.2) is 89.8 Å². The highest BCUT2D eigenvalue weighted by atomic mass is 32.3. The lowest BCUT2D eigenvalue weighted by Gasteiger charge is -2.28. The molecule has 0 aliphatic rings. The van der Waals surface area contributed by atoms with Crippen LogP contribution >= 0.6 is 10.0 Å². The molecule has 0 amide bonds. The van der Waals surface area contributed by atoms with Crippen molar-refractivity contribution < 1.29 is 0 Å². The standard InChI is InChI=1S/C33H35NS/c1-22-8-12-26(13-9-22)34(27-14-10-23(2)11-15-27)28-16-18-30-25(4)33-21-29(35(5,6)7)17-19-31(33)24(3)32(30)20-28/h8-21H,1-7H3. The molecule has 0 radical (unpaired) electrons. The van der Waals surface area contributed by atoms with Gasteiger partial charge in [0.2, 0.25) is 0 Å². The molecule has 0 spiro atoms. The average molecular weight is 478 g/mol. The molecule has 2 heteroatoms. The molecule has 0 atom stereocenters. The summed E-state index contributed by atoms with van der Waals surface area (Å²) in [4.78, 5) is 3.83. The molecule has 0 N–H and O–H groups in total. The number of hydrogen-bond acceptors (Lipinski definition) is 1. The fourth-order valence-electron chi connectivity index (χ4n) is 4.98. The summed E-state index contributed by atoms with van der Waals surface area (Å²) in [6, 6.07) is 31.7. The summed E-state index contributed by atoms with van der Waals surface area (Å²) in [7, 11) is -0.769. The van der Waals surface area contributed by atoms with E-state index in [9.17, 15) is 0 Å². The molecule has 5 aromatic rings. The molecular weight excluding hydrogens is 442 g/mol. The predicted molar refractivity (Wildman–Crippen MR) is 159 cm³/mol. The Morgan fingerprint density at radius 2 is 0.886 bits per heavy atom. The summed E-state index contributed by atoms with van der Waals surface area (Å²) < 4.78 is 0. The first kappa shape index (κ1) is 23.5. The second kappa shape index (κ2) is 8.77. The zero-order valence-corrected chi connectivity index (χ0v) is 22.8. The third kappa shape index (κ3) is 4.32. The summed E-state index contributed by atoms with van der Waals surface area (Å²) in [5, 5.41) is 5.41. The minimum Gasteiger partial charge on any atom is -0.310 e. The van der Waals surface area contributed by atoms with Crippen molar-refractivity contribution in [1.82, 2.24) is 0 Å². The van der Waals surface area contributed by atoms with Gasteiger partial charge in [-0.25, -0.2) is 10.0 Å². The highest BCUT2D eigenvalue weighted by molar-refractivity contribution is 8.32. The molecule has 0 fully saturated rings. The Morgan fingerprint density at radius 3 is 1.37 bits per heavy atom. The van der Waals surface area contributed by atoms with E-state index in [-0.39, 0.29) is 0 Å². The van der Waals surface area contributed by atoms with Gasteiger partial charge in [0.25, 0.3) is 0 Å². The van der Waals surface area contributed by atoms with Crippen molar-refractivity contribution in [3.8, 4) is 0 Å². The molecule has 0 aliphatic carbocycles. The molecule has 0 unspecified atom stereocenters. The van der Waals surface area contributed by atoms with E-state index in [1.165, 1.54) is 65.8 Å². The van der Waals surface area contributed by atoms with Crippen LogP contribution in [-0.2, 0) is 0 Å². The van der Waals surface area contributed by atoms with Gasteiger partial charge >= 0.3 is 0 Å². The largest absolute Gasteiger partial charge is 0.310 e. The third-order valence-corrected chi connectivity index (χ3v) is 8.83. The van der Waals surface area contributed by atoms with Crippen molar-refractivity contribution >= 4 is 48.6 Å². The van der Waals surface area contributed by atoms with Crippen LogP contribution in [0.25, 0.3) is 21.5 Å². The van der Waals surface area contributed by atoms with E-state index in [2.05, 4.69) is 136 Å². The van der Waals surface area contributed by atoms with Crippen molar-refractivity contribution in [3.05, 3.63) is 107 Å². The fraction of sp³-hybridized carbons (Fsp3) is 0.212. The summed E-state index contributed by atoms with van der Waals surface area (Å²) in [5.41, 5.74) is 8.79. The monoisotopic (exact) mass is 477 g/mol. The average Bonchev–Trinajstić information content (AvgIpc) is 2.84. The van der Waals surface area contributed by atoms with Crippen LogP contribution in [-0.4, -0.2) is 18.8 Å². The lowest BCUT2D eigenvalue weighted by Crippen LogP contribution is -2.10. The first-order valence-electron chi connectivity index (χ1n) is 12.2. The number of fused-ring (bicyclic) bond motifs is 2. The Kier molecular flexibility index (Phi) is 5.89. The number of anilines is 3. The van der Waals surface area contributed by atoms with E-state index in [4.69, 9.17) is 0 Å². The normalized spacial score (nSPS) is 12.3. The van der Waals surface area contributed by atoms with E-state index >= 15 is 0 Å². The number of rotatable bonds is 4. The van der Waals surface area contributed by atoms with Gasteiger partial charge < -0.3 is 4.90 Å². The Morgan fingerprint density at radius 1 is 0.457 bits per heavy atom. The molecule has 5 aromatic carbocycles. The molecule has 0 saturated carbocycles. The molecule has 0 heterocycles. The van der Waals surface area contributed by atoms with Gasteiger partial charge in [-0.2, -0.15) is 0 Å². The van der Waals surface area contributed by atoms with Crippen molar-refractivity contribution in [2.75, 3.05) is 23.7 Å². The summed E-state index contributed by atoms with van der Waals surface area (Å²) >= 11 is 0. The van der Waals surface area contributed by atoms with E-state index in [1.54, 1.807) is 0 Å². The first-order valence-corrected chi connectivity index (χ1v) is 15.1. The second-order valence-corrected chi connectivity index (χ2v) is 14.7. The Balaban J connectivity index is 1.74. The lowest BCUT2D eigenvalue weighted by molar-refractivity contribution is 1.27. The lowest BCUT2D eigenvalue weighted by atomic mass is 9.92. The van der Waals surface area contributed by atoms with Crippen LogP contribution < -0.4 is 4.90 Å². The highest BCUT2D eigenvalue weighted by Gasteiger charge is 2.17. The summed E-state index contributed by atoms with van der Waals surface area (Å²) in [6.07, 6.45) is 7.11. The van der Waals surface area contributed by atoms with Crippen molar-refractivity contribution in [1.29, 1.82) is 0 Å². The van der Waals surface area contributed by atoms with Gasteiger partial charge in [0, 0.05) is 17.1 Å². The Bertz CT molecular complexity index is 1490.